The summed E-state index contributed by atoms with van der Waals surface area (Å²) in [6.45, 7) is 2.26. The second-order valence-electron chi connectivity index (χ2n) is 5.28. The highest BCUT2D eigenvalue weighted by Crippen LogP contribution is 2.11. The first-order valence-corrected chi connectivity index (χ1v) is 8.22. The highest BCUT2D eigenvalue weighted by molar-refractivity contribution is 5.82. The van der Waals surface area contributed by atoms with E-state index < -0.39 is 0 Å². The molecule has 0 aliphatic heterocycles. The van der Waals surface area contributed by atoms with Crippen molar-refractivity contribution in [3.63, 3.8) is 0 Å². The Kier molecular flexibility index (Phi) is 15.2. The Bertz CT molecular complexity index is 267. The van der Waals surface area contributed by atoms with Gasteiger partial charge in [-0.1, -0.05) is 82.9 Å². The van der Waals surface area contributed by atoms with Gasteiger partial charge in [0.2, 0.25) is 0 Å². The molecule has 0 N–H and O–H groups in total. The molecule has 0 saturated carbocycles. The molecule has 0 radical (unpaired) electrons. The van der Waals surface area contributed by atoms with Gasteiger partial charge in [-0.15, -0.1) is 0 Å². The van der Waals surface area contributed by atoms with Crippen LogP contribution in [0.5, 0.6) is 0 Å². The van der Waals surface area contributed by atoms with Crippen LogP contribution in [0.15, 0.2) is 24.3 Å². The number of ether oxygens (including phenoxy) is 1. The topological polar surface area (TPSA) is 26.3 Å². The Balaban J connectivity index is 3.18. The Morgan fingerprint density at radius 1 is 0.850 bits per heavy atom. The van der Waals surface area contributed by atoms with E-state index in [1.54, 1.807) is 6.08 Å². The average molecular weight is 280 g/mol. The monoisotopic (exact) mass is 280 g/mol. The maximum Gasteiger partial charge on any atom is 0.330 e. The van der Waals surface area contributed by atoms with Crippen molar-refractivity contribution in [2.45, 2.75) is 77.6 Å². The number of carbonyl (C=O) groups excluding carboxylic acids is 1. The lowest BCUT2D eigenvalue weighted by Crippen LogP contribution is -1.92. The van der Waals surface area contributed by atoms with Gasteiger partial charge in [0.1, 0.15) is 0 Å². The van der Waals surface area contributed by atoms with Gasteiger partial charge in [-0.05, 0) is 12.8 Å². The molecule has 0 aliphatic carbocycles. The third-order valence-electron chi connectivity index (χ3n) is 3.41. The van der Waals surface area contributed by atoms with E-state index in [0.29, 0.717) is 0 Å². The first-order chi connectivity index (χ1) is 9.81. The molecule has 2 nitrogen and oxygen atoms in total. The van der Waals surface area contributed by atoms with Crippen LogP contribution < -0.4 is 0 Å². The van der Waals surface area contributed by atoms with Crippen LogP contribution in [0.25, 0.3) is 0 Å². The minimum absolute atomic E-state index is 0.298. The molecule has 0 atom stereocenters. The molecule has 0 spiro atoms. The van der Waals surface area contributed by atoms with Crippen molar-refractivity contribution < 1.29 is 9.53 Å². The van der Waals surface area contributed by atoms with Crippen LogP contribution in [0.3, 0.4) is 0 Å². The summed E-state index contributed by atoms with van der Waals surface area (Å²) in [7, 11) is 1.39. The smallest absolute Gasteiger partial charge is 0.330 e. The fourth-order valence-electron chi connectivity index (χ4n) is 2.13. The summed E-state index contributed by atoms with van der Waals surface area (Å²) in [6, 6.07) is 0. The number of unbranched alkanes of at least 4 members (excludes halogenated alkanes) is 10. The predicted octanol–water partition coefficient (Wildman–Crippen LogP) is 5.58. The number of rotatable bonds is 13. The zero-order chi connectivity index (χ0) is 14.9. The van der Waals surface area contributed by atoms with E-state index in [2.05, 4.69) is 17.7 Å². The van der Waals surface area contributed by atoms with E-state index in [4.69, 9.17) is 0 Å². The SMILES string of the molecule is CCCCCCCCCCCC/C=C/C=C/C(=O)OC. The van der Waals surface area contributed by atoms with Crippen LogP contribution in [-0.4, -0.2) is 13.1 Å². The third-order valence-corrected chi connectivity index (χ3v) is 3.41. The van der Waals surface area contributed by atoms with E-state index in [1.807, 2.05) is 6.08 Å². The van der Waals surface area contributed by atoms with Crippen LogP contribution in [-0.2, 0) is 9.53 Å². The Morgan fingerprint density at radius 3 is 1.95 bits per heavy atom. The largest absolute Gasteiger partial charge is 0.466 e. The molecule has 0 fully saturated rings. The molecule has 0 aromatic heterocycles. The molecule has 0 aromatic rings. The minimum atomic E-state index is -0.298. The van der Waals surface area contributed by atoms with Gasteiger partial charge in [-0.2, -0.15) is 0 Å². The number of carbonyl (C=O) groups is 1. The highest BCUT2D eigenvalue weighted by Gasteiger charge is 1.91. The fourth-order valence-corrected chi connectivity index (χ4v) is 2.13. The Morgan fingerprint density at radius 2 is 1.40 bits per heavy atom. The first kappa shape index (κ1) is 18.9. The van der Waals surface area contributed by atoms with Crippen LogP contribution in [0.4, 0.5) is 0 Å². The summed E-state index contributed by atoms with van der Waals surface area (Å²) in [6.07, 6.45) is 22.0. The molecule has 116 valence electrons. The lowest BCUT2D eigenvalue weighted by atomic mass is 10.1. The van der Waals surface area contributed by atoms with Crippen LogP contribution in [0.2, 0.25) is 0 Å². The van der Waals surface area contributed by atoms with Gasteiger partial charge >= 0.3 is 5.97 Å². The standard InChI is InChI=1S/C18H32O2/c1-3-4-5-6-7-8-9-10-11-12-13-14-15-16-17-18(19)20-2/h14-17H,3-13H2,1-2H3/b15-14+,17-16+. The normalized spacial score (nSPS) is 11.5. The van der Waals surface area contributed by atoms with E-state index in [9.17, 15) is 4.79 Å². The highest BCUT2D eigenvalue weighted by atomic mass is 16.5. The minimum Gasteiger partial charge on any atom is -0.466 e. The Labute approximate surface area is 125 Å². The van der Waals surface area contributed by atoms with Crippen LogP contribution >= 0.6 is 0 Å². The van der Waals surface area contributed by atoms with E-state index in [-0.39, 0.29) is 5.97 Å². The summed E-state index contributed by atoms with van der Waals surface area (Å²) in [5.41, 5.74) is 0. The summed E-state index contributed by atoms with van der Waals surface area (Å²) in [5.74, 6) is -0.298. The summed E-state index contributed by atoms with van der Waals surface area (Å²) in [4.78, 5) is 10.8. The van der Waals surface area contributed by atoms with Gasteiger partial charge in [0, 0.05) is 6.08 Å². The van der Waals surface area contributed by atoms with Gasteiger partial charge in [0.25, 0.3) is 0 Å². The van der Waals surface area contributed by atoms with E-state index in [1.165, 1.54) is 77.4 Å². The Hall–Kier alpha value is -1.05. The molecular formula is C18H32O2. The van der Waals surface area contributed by atoms with Gasteiger partial charge in [-0.3, -0.25) is 0 Å². The zero-order valence-electron chi connectivity index (χ0n) is 13.4. The number of hydrogen-bond donors (Lipinski definition) is 0. The molecule has 0 rings (SSSR count). The predicted molar refractivity (Wildman–Crippen MR) is 86.8 cm³/mol. The van der Waals surface area contributed by atoms with Crippen molar-refractivity contribution in [3.8, 4) is 0 Å². The molecule has 0 aliphatic rings. The van der Waals surface area contributed by atoms with Crippen molar-refractivity contribution in [1.29, 1.82) is 0 Å². The molecule has 0 aromatic carbocycles. The first-order valence-electron chi connectivity index (χ1n) is 8.22. The molecule has 2 heteroatoms. The van der Waals surface area contributed by atoms with Crippen molar-refractivity contribution in [2.24, 2.45) is 0 Å². The molecule has 0 amide bonds. The lowest BCUT2D eigenvalue weighted by Gasteiger charge is -2.01. The number of allylic oxidation sites excluding steroid dienone is 3. The number of esters is 1. The number of hydrogen-bond acceptors (Lipinski definition) is 2. The average Bonchev–Trinajstić information content (AvgIpc) is 2.47. The summed E-state index contributed by atoms with van der Waals surface area (Å²) < 4.78 is 4.50. The molecule has 0 bridgehead atoms. The summed E-state index contributed by atoms with van der Waals surface area (Å²) in [5, 5.41) is 0. The second kappa shape index (κ2) is 16.0. The van der Waals surface area contributed by atoms with Crippen molar-refractivity contribution >= 4 is 5.97 Å². The van der Waals surface area contributed by atoms with Crippen molar-refractivity contribution in [2.75, 3.05) is 7.11 Å². The number of methoxy groups -OCH3 is 1. The molecule has 20 heavy (non-hydrogen) atoms. The maximum absolute atomic E-state index is 10.8. The molecule has 0 heterocycles. The fraction of sp³-hybridized carbons (Fsp3) is 0.722. The quantitative estimate of drug-likeness (QED) is 0.190. The summed E-state index contributed by atoms with van der Waals surface area (Å²) >= 11 is 0. The van der Waals surface area contributed by atoms with Gasteiger partial charge in [0.05, 0.1) is 7.11 Å². The van der Waals surface area contributed by atoms with Gasteiger partial charge in [-0.25, -0.2) is 4.79 Å². The second-order valence-corrected chi connectivity index (χ2v) is 5.28. The van der Waals surface area contributed by atoms with Gasteiger partial charge in [0.15, 0.2) is 0 Å². The third kappa shape index (κ3) is 15.0. The maximum atomic E-state index is 10.8. The van der Waals surface area contributed by atoms with Gasteiger partial charge < -0.3 is 4.74 Å². The molecule has 0 saturated heterocycles. The zero-order valence-corrected chi connectivity index (χ0v) is 13.4. The van der Waals surface area contributed by atoms with Crippen molar-refractivity contribution in [3.05, 3.63) is 24.3 Å². The van der Waals surface area contributed by atoms with Crippen molar-refractivity contribution in [1.82, 2.24) is 0 Å². The van der Waals surface area contributed by atoms with E-state index >= 15 is 0 Å². The molecular weight excluding hydrogens is 248 g/mol. The lowest BCUT2D eigenvalue weighted by molar-refractivity contribution is -0.134. The van der Waals surface area contributed by atoms with E-state index in [0.717, 1.165) is 6.42 Å². The van der Waals surface area contributed by atoms with Crippen LogP contribution in [0, 0.1) is 0 Å². The van der Waals surface area contributed by atoms with Crippen LogP contribution in [0.1, 0.15) is 77.6 Å². The molecule has 0 unspecified atom stereocenters.